The van der Waals surface area contributed by atoms with Gasteiger partial charge in [-0.05, 0) is 44.1 Å². The molecule has 2 aliphatic heterocycles. The molecule has 25 heavy (non-hydrogen) atoms. The number of thiophene rings is 1. The molecule has 2 aromatic heterocycles. The fraction of sp³-hybridized carbons (Fsp3) is 0.353. The predicted molar refractivity (Wildman–Crippen MR) is 103 cm³/mol. The van der Waals surface area contributed by atoms with E-state index in [-0.39, 0.29) is 0 Å². The summed E-state index contributed by atoms with van der Waals surface area (Å²) in [5, 5.41) is 1.53. The third kappa shape index (κ3) is 3.32. The second kappa shape index (κ2) is 6.84. The number of piperidine rings is 1. The Hall–Kier alpha value is -1.80. The number of halogens is 1. The van der Waals surface area contributed by atoms with Gasteiger partial charge < -0.3 is 10.7 Å². The van der Waals surface area contributed by atoms with Gasteiger partial charge in [-0.2, -0.15) is 0 Å². The number of allylic oxidation sites excluding steroid dienone is 1. The first kappa shape index (κ1) is 16.7. The third-order valence-electron chi connectivity index (χ3n) is 4.86. The molecule has 6 nitrogen and oxygen atoms in total. The molecule has 0 atom stereocenters. The molecular weight excluding hydrogens is 356 g/mol. The van der Waals surface area contributed by atoms with Gasteiger partial charge in [0.05, 0.1) is 10.0 Å². The van der Waals surface area contributed by atoms with Crippen molar-refractivity contribution in [2.75, 3.05) is 13.1 Å². The van der Waals surface area contributed by atoms with E-state index in [0.29, 0.717) is 5.92 Å². The zero-order valence-electron chi connectivity index (χ0n) is 13.8. The van der Waals surface area contributed by atoms with Gasteiger partial charge >= 0.3 is 0 Å². The zero-order valence-corrected chi connectivity index (χ0v) is 15.4. The van der Waals surface area contributed by atoms with Gasteiger partial charge in [0.25, 0.3) is 0 Å². The zero-order chi connectivity index (χ0) is 17.4. The molecule has 0 unspecified atom stereocenters. The number of nitrogens with one attached hydrogen (secondary N) is 1. The molecule has 0 aromatic carbocycles. The fourth-order valence-corrected chi connectivity index (χ4v) is 4.66. The molecule has 1 fully saturated rings. The second-order valence-electron chi connectivity index (χ2n) is 6.45. The minimum Gasteiger partial charge on any atom is -0.400 e. The summed E-state index contributed by atoms with van der Waals surface area (Å²) in [5.74, 6) is 7.25. The fourth-order valence-electron chi connectivity index (χ4n) is 3.53. The summed E-state index contributed by atoms with van der Waals surface area (Å²) in [6.45, 7) is 3.00. The summed E-state index contributed by atoms with van der Waals surface area (Å²) in [5.41, 5.74) is 9.23. The van der Waals surface area contributed by atoms with Gasteiger partial charge in [0, 0.05) is 34.8 Å². The number of nitrogens with two attached hydrogens (primary N) is 2. The molecule has 5 N–H and O–H groups in total. The van der Waals surface area contributed by atoms with Crippen LogP contribution in [-0.2, 0) is 6.54 Å². The van der Waals surface area contributed by atoms with Crippen molar-refractivity contribution in [3.05, 3.63) is 44.9 Å². The Labute approximate surface area is 155 Å². The van der Waals surface area contributed by atoms with Crippen LogP contribution in [0.15, 0.2) is 35.1 Å². The highest BCUT2D eigenvalue weighted by atomic mass is 35.5. The van der Waals surface area contributed by atoms with E-state index in [1.165, 1.54) is 9.89 Å². The van der Waals surface area contributed by atoms with Crippen LogP contribution >= 0.6 is 22.9 Å². The van der Waals surface area contributed by atoms with Gasteiger partial charge in [0.1, 0.15) is 12.2 Å². The lowest BCUT2D eigenvalue weighted by Gasteiger charge is -2.34. The highest BCUT2D eigenvalue weighted by Crippen LogP contribution is 2.35. The standard InChI is InChI=1S/C17H21ClN6S/c18-14-2-1-12(25-14)9-23-7-4-11(5-8-23)15(19)16-13-3-6-21-17(13)22-10-24(16)20/h1-3,6,10-11,21H,4-5,7-9,19-20H2/b16-15-. The number of aromatic amines is 1. The lowest BCUT2D eigenvalue weighted by atomic mass is 9.91. The number of rotatable bonds is 3. The minimum absolute atomic E-state index is 0.332. The van der Waals surface area contributed by atoms with Crippen LogP contribution < -0.4 is 11.6 Å². The third-order valence-corrected chi connectivity index (χ3v) is 6.07. The highest BCUT2D eigenvalue weighted by molar-refractivity contribution is 7.16. The lowest BCUT2D eigenvalue weighted by molar-refractivity contribution is 0.192. The Bertz CT molecular complexity index is 815. The Kier molecular flexibility index (Phi) is 4.56. The van der Waals surface area contributed by atoms with Gasteiger partial charge in [-0.3, -0.25) is 9.91 Å². The Morgan fingerprint density at radius 3 is 2.84 bits per heavy atom. The molecule has 0 radical (unpaired) electrons. The average Bonchev–Trinajstić information content (AvgIpc) is 3.24. The normalized spacial score (nSPS) is 20.8. The van der Waals surface area contributed by atoms with Crippen molar-refractivity contribution < 1.29 is 0 Å². The van der Waals surface area contributed by atoms with Crippen molar-refractivity contribution in [2.24, 2.45) is 22.5 Å². The minimum atomic E-state index is 0.332. The van der Waals surface area contributed by atoms with Crippen LogP contribution in [0.1, 0.15) is 23.3 Å². The quantitative estimate of drug-likeness (QED) is 0.718. The van der Waals surface area contributed by atoms with Crippen molar-refractivity contribution in [3.8, 4) is 0 Å². The SMILES string of the molecule is N/C(=C1/c2cc[nH]c2N=CN1N)C1CCN(Cc2ccc(Cl)s2)CC1. The van der Waals surface area contributed by atoms with Crippen LogP contribution in [0.3, 0.4) is 0 Å². The number of aliphatic imine (C=N–C) groups is 1. The van der Waals surface area contributed by atoms with E-state index in [4.69, 9.17) is 23.2 Å². The molecule has 0 aliphatic carbocycles. The molecule has 1 saturated heterocycles. The van der Waals surface area contributed by atoms with Crippen LogP contribution in [0.5, 0.6) is 0 Å². The van der Waals surface area contributed by atoms with Crippen LogP contribution in [0, 0.1) is 5.92 Å². The lowest BCUT2D eigenvalue weighted by Crippen LogP contribution is -2.37. The van der Waals surface area contributed by atoms with E-state index in [1.807, 2.05) is 18.3 Å². The maximum Gasteiger partial charge on any atom is 0.141 e. The second-order valence-corrected chi connectivity index (χ2v) is 8.25. The van der Waals surface area contributed by atoms with Crippen LogP contribution in [0.2, 0.25) is 4.34 Å². The summed E-state index contributed by atoms with van der Waals surface area (Å²) >= 11 is 7.68. The molecule has 4 heterocycles. The van der Waals surface area contributed by atoms with E-state index >= 15 is 0 Å². The van der Waals surface area contributed by atoms with E-state index < -0.39 is 0 Å². The van der Waals surface area contributed by atoms with Crippen molar-refractivity contribution in [3.63, 3.8) is 0 Å². The smallest absolute Gasteiger partial charge is 0.141 e. The molecule has 8 heteroatoms. The van der Waals surface area contributed by atoms with Gasteiger partial charge in [-0.1, -0.05) is 11.6 Å². The number of likely N-dealkylation sites (tertiary alicyclic amines) is 1. The first-order valence-electron chi connectivity index (χ1n) is 8.34. The summed E-state index contributed by atoms with van der Waals surface area (Å²) in [4.78, 5) is 11.2. The number of fused-ring (bicyclic) bond motifs is 1. The number of nitrogens with zero attached hydrogens (tertiary/aromatic N) is 3. The molecule has 0 spiro atoms. The van der Waals surface area contributed by atoms with Crippen LogP contribution in [0.4, 0.5) is 5.82 Å². The Morgan fingerprint density at radius 1 is 1.32 bits per heavy atom. The maximum atomic E-state index is 6.54. The topological polar surface area (TPSA) is 86.7 Å². The summed E-state index contributed by atoms with van der Waals surface area (Å²) in [7, 11) is 0. The van der Waals surface area contributed by atoms with Gasteiger partial charge in [0.2, 0.25) is 0 Å². The van der Waals surface area contributed by atoms with Crippen molar-refractivity contribution >= 4 is 40.8 Å². The molecule has 2 aliphatic rings. The maximum absolute atomic E-state index is 6.54. The number of hydrogen-bond acceptors (Lipinski definition) is 6. The first-order chi connectivity index (χ1) is 12.1. The largest absolute Gasteiger partial charge is 0.400 e. The Balaban J connectivity index is 1.46. The van der Waals surface area contributed by atoms with E-state index in [1.54, 1.807) is 17.7 Å². The number of hydrazine groups is 1. The van der Waals surface area contributed by atoms with Gasteiger partial charge in [-0.15, -0.1) is 11.3 Å². The predicted octanol–water partition coefficient (Wildman–Crippen LogP) is 3.12. The van der Waals surface area contributed by atoms with Crippen LogP contribution in [0.25, 0.3) is 5.70 Å². The molecule has 132 valence electrons. The molecule has 2 aromatic rings. The van der Waals surface area contributed by atoms with Crippen molar-refractivity contribution in [1.29, 1.82) is 0 Å². The number of aromatic nitrogens is 1. The van der Waals surface area contributed by atoms with E-state index in [0.717, 1.165) is 59.6 Å². The summed E-state index contributed by atoms with van der Waals surface area (Å²) < 4.78 is 0.850. The van der Waals surface area contributed by atoms with E-state index in [9.17, 15) is 0 Å². The molecule has 4 rings (SSSR count). The molecule has 0 saturated carbocycles. The highest BCUT2D eigenvalue weighted by Gasteiger charge is 2.27. The molecule has 0 bridgehead atoms. The summed E-state index contributed by atoms with van der Waals surface area (Å²) in [6, 6.07) is 6.05. The number of hydrogen-bond donors (Lipinski definition) is 3. The monoisotopic (exact) mass is 376 g/mol. The molecule has 0 amide bonds. The van der Waals surface area contributed by atoms with Gasteiger partial charge in [-0.25, -0.2) is 10.8 Å². The van der Waals surface area contributed by atoms with Crippen LogP contribution in [-0.4, -0.2) is 34.3 Å². The van der Waals surface area contributed by atoms with Crippen molar-refractivity contribution in [2.45, 2.75) is 19.4 Å². The van der Waals surface area contributed by atoms with Gasteiger partial charge in [0.15, 0.2) is 0 Å². The number of H-pyrrole nitrogens is 1. The molecular formula is C17H21ClN6S. The Morgan fingerprint density at radius 2 is 2.12 bits per heavy atom. The van der Waals surface area contributed by atoms with Crippen molar-refractivity contribution in [1.82, 2.24) is 14.9 Å². The summed E-state index contributed by atoms with van der Waals surface area (Å²) in [6.07, 6.45) is 5.53. The average molecular weight is 377 g/mol. The van der Waals surface area contributed by atoms with E-state index in [2.05, 4.69) is 20.9 Å². The first-order valence-corrected chi connectivity index (χ1v) is 9.53.